The number of carbonyl (C=O) groups excluding carboxylic acids is 1. The summed E-state index contributed by atoms with van der Waals surface area (Å²) in [6, 6.07) is 0. The van der Waals surface area contributed by atoms with E-state index in [9.17, 15) is 4.79 Å². The average Bonchev–Trinajstić information content (AvgIpc) is 1.49. The Bertz CT molecular complexity index is 153. The van der Waals surface area contributed by atoms with Gasteiger partial charge in [-0.1, -0.05) is 23.2 Å². The molecule has 12 heavy (non-hydrogen) atoms. The molecule has 0 aliphatic heterocycles. The van der Waals surface area contributed by atoms with Crippen molar-refractivity contribution in [3.8, 4) is 0 Å². The number of hydrogen-bond acceptors (Lipinski definition) is 3. The van der Waals surface area contributed by atoms with Crippen molar-refractivity contribution in [2.75, 3.05) is 0 Å². The molecule has 0 aliphatic carbocycles. The Morgan fingerprint density at radius 2 is 1.67 bits per heavy atom. The molecule has 0 aromatic heterocycles. The smallest absolute Gasteiger partial charge is 0.412 e. The van der Waals surface area contributed by atoms with Crippen molar-refractivity contribution in [3.05, 3.63) is 0 Å². The third kappa shape index (κ3) is 8.67. The zero-order chi connectivity index (χ0) is 9.99. The second kappa shape index (κ2) is 4.19. The van der Waals surface area contributed by atoms with Crippen molar-refractivity contribution in [2.45, 2.75) is 28.9 Å². The van der Waals surface area contributed by atoms with Crippen LogP contribution >= 0.6 is 45.8 Å². The van der Waals surface area contributed by atoms with E-state index in [1.54, 1.807) is 22.6 Å². The summed E-state index contributed by atoms with van der Waals surface area (Å²) in [5.74, 6) is 0. The molecule has 0 aromatic carbocycles. The van der Waals surface area contributed by atoms with E-state index in [-0.39, 0.29) is 0 Å². The molecule has 1 atom stereocenters. The Morgan fingerprint density at radius 1 is 1.25 bits per heavy atom. The van der Waals surface area contributed by atoms with E-state index in [2.05, 4.69) is 9.47 Å². The van der Waals surface area contributed by atoms with E-state index in [1.807, 2.05) is 0 Å². The first kappa shape index (κ1) is 12.6. The zero-order valence-electron chi connectivity index (χ0n) is 6.86. The second-order valence-electron chi connectivity index (χ2n) is 2.63. The largest absolute Gasteiger partial charge is 0.512 e. The molecule has 0 spiro atoms. The molecular weight excluding hydrogens is 318 g/mol. The predicted molar refractivity (Wildman–Crippen MR) is 55.8 cm³/mol. The fourth-order valence-electron chi connectivity index (χ4n) is 0.365. The summed E-state index contributed by atoms with van der Waals surface area (Å²) < 4.78 is 8.15. The summed E-state index contributed by atoms with van der Waals surface area (Å²) >= 11 is 12.9. The molecule has 0 rings (SSSR count). The molecule has 0 saturated heterocycles. The SMILES string of the molecule is CC(C)(Cl)OC(=O)OC(C)(Cl)I. The van der Waals surface area contributed by atoms with Gasteiger partial charge in [-0.15, -0.1) is 0 Å². The first-order chi connectivity index (χ1) is 5.10. The minimum Gasteiger partial charge on any atom is -0.412 e. The van der Waals surface area contributed by atoms with Crippen LogP contribution in [0.25, 0.3) is 0 Å². The lowest BCUT2D eigenvalue weighted by Crippen LogP contribution is -2.26. The maximum absolute atomic E-state index is 10.9. The minimum absolute atomic E-state index is 0.887. The quantitative estimate of drug-likeness (QED) is 0.443. The van der Waals surface area contributed by atoms with Gasteiger partial charge >= 0.3 is 6.16 Å². The summed E-state index contributed by atoms with van der Waals surface area (Å²) in [6.45, 7) is 4.56. The van der Waals surface area contributed by atoms with Gasteiger partial charge in [0, 0.05) is 0 Å². The highest BCUT2D eigenvalue weighted by Crippen LogP contribution is 2.26. The summed E-state index contributed by atoms with van der Waals surface area (Å²) in [5, 5.41) is -1.07. The van der Waals surface area contributed by atoms with Gasteiger partial charge in [-0.3, -0.25) is 0 Å². The molecule has 0 amide bonds. The third-order valence-electron chi connectivity index (χ3n) is 0.589. The molecule has 0 N–H and O–H groups in total. The molecule has 0 fully saturated rings. The molecule has 1 unspecified atom stereocenters. The van der Waals surface area contributed by atoms with Gasteiger partial charge in [-0.25, -0.2) is 4.79 Å². The van der Waals surface area contributed by atoms with Gasteiger partial charge in [0.05, 0.1) is 0 Å². The van der Waals surface area contributed by atoms with Crippen molar-refractivity contribution < 1.29 is 14.3 Å². The van der Waals surface area contributed by atoms with Crippen LogP contribution in [0.15, 0.2) is 0 Å². The van der Waals surface area contributed by atoms with Crippen molar-refractivity contribution in [2.24, 2.45) is 0 Å². The molecule has 0 heterocycles. The normalized spacial score (nSPS) is 16.5. The first-order valence-corrected chi connectivity index (χ1v) is 4.92. The lowest BCUT2D eigenvalue weighted by atomic mass is 10.5. The maximum Gasteiger partial charge on any atom is 0.512 e. The van der Waals surface area contributed by atoms with Crippen LogP contribution < -0.4 is 0 Å². The van der Waals surface area contributed by atoms with Crippen LogP contribution in [0.3, 0.4) is 0 Å². The summed E-state index contributed by atoms with van der Waals surface area (Å²) in [4.78, 5) is 10.9. The van der Waals surface area contributed by atoms with E-state index in [4.69, 9.17) is 23.2 Å². The number of rotatable bonds is 2. The predicted octanol–water partition coefficient (Wildman–Crippen LogP) is 3.46. The Morgan fingerprint density at radius 3 is 1.92 bits per heavy atom. The van der Waals surface area contributed by atoms with Gasteiger partial charge in [0.1, 0.15) is 0 Å². The van der Waals surface area contributed by atoms with E-state index in [0.29, 0.717) is 0 Å². The standard InChI is InChI=1S/C6H9Cl2IO3/c1-5(2,7)11-4(10)12-6(3,8)9/h1-3H3. The van der Waals surface area contributed by atoms with Crippen molar-refractivity contribution in [3.63, 3.8) is 0 Å². The lowest BCUT2D eigenvalue weighted by Gasteiger charge is -2.20. The highest BCUT2D eigenvalue weighted by atomic mass is 127. The zero-order valence-corrected chi connectivity index (χ0v) is 10.5. The molecular formula is C6H9Cl2IO3. The molecule has 72 valence electrons. The molecule has 0 aromatic rings. The number of hydrogen-bond donors (Lipinski definition) is 0. The molecule has 0 aliphatic rings. The Hall–Kier alpha value is 0.580. The van der Waals surface area contributed by atoms with Crippen LogP contribution in [0.2, 0.25) is 0 Å². The van der Waals surface area contributed by atoms with Gasteiger partial charge in [-0.05, 0) is 43.4 Å². The minimum atomic E-state index is -1.10. The molecule has 3 nitrogen and oxygen atoms in total. The maximum atomic E-state index is 10.9. The van der Waals surface area contributed by atoms with Gasteiger partial charge in [-0.2, -0.15) is 0 Å². The molecule has 0 radical (unpaired) electrons. The van der Waals surface area contributed by atoms with Crippen LogP contribution in [0.1, 0.15) is 20.8 Å². The van der Waals surface area contributed by atoms with Gasteiger partial charge < -0.3 is 9.47 Å². The van der Waals surface area contributed by atoms with Crippen LogP contribution in [0.4, 0.5) is 4.79 Å². The van der Waals surface area contributed by atoms with Gasteiger partial charge in [0.2, 0.25) is 3.07 Å². The van der Waals surface area contributed by atoms with Gasteiger partial charge in [0.15, 0.2) is 5.06 Å². The average molecular weight is 327 g/mol. The monoisotopic (exact) mass is 326 g/mol. The molecule has 0 saturated carbocycles. The number of ether oxygens (including phenoxy) is 2. The Balaban J connectivity index is 3.92. The van der Waals surface area contributed by atoms with E-state index >= 15 is 0 Å². The van der Waals surface area contributed by atoms with E-state index < -0.39 is 14.3 Å². The first-order valence-electron chi connectivity index (χ1n) is 3.09. The topological polar surface area (TPSA) is 35.5 Å². The van der Waals surface area contributed by atoms with Crippen molar-refractivity contribution >= 4 is 51.9 Å². The number of halogens is 3. The number of alkyl halides is 3. The fraction of sp³-hybridized carbons (Fsp3) is 0.833. The van der Waals surface area contributed by atoms with Crippen LogP contribution in [-0.2, 0) is 9.47 Å². The lowest BCUT2D eigenvalue weighted by molar-refractivity contribution is 0.0122. The molecule has 6 heteroatoms. The van der Waals surface area contributed by atoms with E-state index in [1.165, 1.54) is 20.8 Å². The highest BCUT2D eigenvalue weighted by Gasteiger charge is 2.26. The second-order valence-corrected chi connectivity index (χ2v) is 6.95. The highest BCUT2D eigenvalue weighted by molar-refractivity contribution is 14.1. The van der Waals surface area contributed by atoms with Gasteiger partial charge in [0.25, 0.3) is 0 Å². The van der Waals surface area contributed by atoms with Crippen LogP contribution in [0.5, 0.6) is 0 Å². The Kier molecular flexibility index (Phi) is 4.40. The summed E-state index contributed by atoms with van der Waals surface area (Å²) in [6.07, 6.45) is -0.887. The van der Waals surface area contributed by atoms with E-state index in [0.717, 1.165) is 0 Å². The summed E-state index contributed by atoms with van der Waals surface area (Å²) in [7, 11) is 0. The Labute approximate surface area is 94.8 Å². The molecule has 0 bridgehead atoms. The third-order valence-corrected chi connectivity index (χ3v) is 0.963. The number of carbonyl (C=O) groups is 1. The fourth-order valence-corrected chi connectivity index (χ4v) is 0.671. The van der Waals surface area contributed by atoms with Crippen molar-refractivity contribution in [1.82, 2.24) is 0 Å². The van der Waals surface area contributed by atoms with Crippen molar-refractivity contribution in [1.29, 1.82) is 0 Å². The summed E-state index contributed by atoms with van der Waals surface area (Å²) in [5.41, 5.74) is 0. The van der Waals surface area contributed by atoms with Crippen LogP contribution in [-0.4, -0.2) is 14.3 Å². The van der Waals surface area contributed by atoms with Crippen LogP contribution in [0, 0.1) is 0 Å².